The molecule has 0 aliphatic carbocycles. The minimum absolute atomic E-state index is 0.495. The van der Waals surface area contributed by atoms with Crippen LogP contribution in [0.1, 0.15) is 66.8 Å². The van der Waals surface area contributed by atoms with E-state index in [1.807, 2.05) is 36.8 Å². The smallest absolute Gasteiger partial charge is 0.161 e. The van der Waals surface area contributed by atoms with Gasteiger partial charge in [0.15, 0.2) is 17.5 Å². The number of hydrogen-bond donors (Lipinski definition) is 0. The lowest BCUT2D eigenvalue weighted by atomic mass is 9.62. The molecule has 0 radical (unpaired) electrons. The molecule has 3 aromatic heterocycles. The molecule has 0 bridgehead atoms. The van der Waals surface area contributed by atoms with Crippen LogP contribution in [0.25, 0.3) is 34.2 Å². The summed E-state index contributed by atoms with van der Waals surface area (Å²) in [5, 5.41) is 0. The Morgan fingerprint density at radius 3 is 0.559 bits per heavy atom. The van der Waals surface area contributed by atoms with Crippen molar-refractivity contribution >= 4 is 51.6 Å². The van der Waals surface area contributed by atoms with Gasteiger partial charge in [-0.3, -0.25) is 14.7 Å². The monoisotopic (exact) mass is 1310 g/mol. The third-order valence-corrected chi connectivity index (χ3v) is 20.9. The van der Waals surface area contributed by atoms with Gasteiger partial charge in [-0.1, -0.05) is 291 Å². The van der Waals surface area contributed by atoms with Crippen LogP contribution >= 0.6 is 0 Å². The molecule has 102 heavy (non-hydrogen) atoms. The van der Waals surface area contributed by atoms with E-state index in [0.717, 1.165) is 84.2 Å². The number of fused-ring (bicyclic) bond motifs is 6. The van der Waals surface area contributed by atoms with Gasteiger partial charge in [0.25, 0.3) is 0 Å². The molecule has 0 atom stereocenters. The molecule has 9 nitrogen and oxygen atoms in total. The summed E-state index contributed by atoms with van der Waals surface area (Å²) in [5.41, 5.74) is 20.1. The predicted octanol–water partition coefficient (Wildman–Crippen LogP) is 21.6. The van der Waals surface area contributed by atoms with Crippen LogP contribution in [0.15, 0.2) is 383 Å². The minimum Gasteiger partial charge on any atom is -0.294 e. The molecule has 13 aromatic carbocycles. The maximum absolute atomic E-state index is 5.65. The normalized spacial score (nSPS) is 14.1. The average Bonchev–Trinajstić information content (AvgIpc) is 0.710. The Labute approximate surface area is 592 Å². The number of aromatic nitrogens is 6. The first-order chi connectivity index (χ1) is 50.6. The summed E-state index contributed by atoms with van der Waals surface area (Å²) in [7, 11) is 0. The molecule has 0 amide bonds. The number of anilines is 9. The summed E-state index contributed by atoms with van der Waals surface area (Å²) in [6.45, 7) is 0. The second-order valence-electron chi connectivity index (χ2n) is 26.1. The van der Waals surface area contributed by atoms with E-state index >= 15 is 0 Å². The standard InChI is InChI=1S/C93H63N9/c1-7-31-67(32-8-1)91(68-33-9-2-10-34-68)73-43-19-25-49-79(73)100(80-50-26-20-44-74(80)91)85-55-58-94-88(97-85)64-61-65(89-95-59-56-86(98-89)101-81-51-27-21-45-75(81)92(69-35-11-3-12-36-69,70-37-13-4-14-38-70)76-46-22-28-52-82(76)101)63-66(62-64)90-96-60-57-87(99-90)102-83-53-29-23-47-77(83)93(71-39-15-5-16-40-71,72-41-17-6-18-42-72)78-48-24-30-54-84(78)102/h1-63H. The van der Waals surface area contributed by atoms with E-state index in [2.05, 4.69) is 360 Å². The molecular weight excluding hydrogens is 1240 g/mol. The number of rotatable bonds is 12. The van der Waals surface area contributed by atoms with Crippen LogP contribution in [-0.2, 0) is 16.2 Å². The molecule has 3 aliphatic heterocycles. The zero-order valence-corrected chi connectivity index (χ0v) is 55.4. The van der Waals surface area contributed by atoms with Crippen LogP contribution in [0, 0.1) is 0 Å². The number of benzene rings is 13. The highest BCUT2D eigenvalue weighted by Crippen LogP contribution is 2.61. The lowest BCUT2D eigenvalue weighted by Gasteiger charge is -2.46. The molecule has 0 fully saturated rings. The van der Waals surface area contributed by atoms with Crippen molar-refractivity contribution in [1.82, 2.24) is 29.9 Å². The molecule has 16 aromatic rings. The molecule has 6 heterocycles. The second kappa shape index (κ2) is 24.5. The fourth-order valence-electron chi connectivity index (χ4n) is 16.8. The quantitative estimate of drug-likeness (QED) is 0.119. The van der Waals surface area contributed by atoms with Crippen molar-refractivity contribution in [2.45, 2.75) is 16.2 Å². The Kier molecular flexibility index (Phi) is 14.3. The number of hydrogen-bond acceptors (Lipinski definition) is 9. The van der Waals surface area contributed by atoms with Crippen molar-refractivity contribution in [3.63, 3.8) is 0 Å². The zero-order chi connectivity index (χ0) is 67.6. The third kappa shape index (κ3) is 9.18. The van der Waals surface area contributed by atoms with Crippen LogP contribution in [0.5, 0.6) is 0 Å². The summed E-state index contributed by atoms with van der Waals surface area (Å²) in [4.78, 5) is 39.4. The zero-order valence-electron chi connectivity index (χ0n) is 55.4. The topological polar surface area (TPSA) is 87.1 Å². The molecule has 0 N–H and O–H groups in total. The Morgan fingerprint density at radius 1 is 0.186 bits per heavy atom. The second-order valence-corrected chi connectivity index (χ2v) is 26.1. The highest BCUT2D eigenvalue weighted by Gasteiger charge is 2.50. The van der Waals surface area contributed by atoms with Crippen molar-refractivity contribution in [1.29, 1.82) is 0 Å². The summed E-state index contributed by atoms with van der Waals surface area (Å²) in [6, 6.07) is 130. The number of nitrogens with zero attached hydrogens (tertiary/aromatic N) is 9. The molecule has 19 rings (SSSR count). The van der Waals surface area contributed by atoms with Crippen molar-refractivity contribution in [2.24, 2.45) is 0 Å². The molecule has 0 saturated heterocycles. The molecule has 480 valence electrons. The minimum atomic E-state index is -0.662. The van der Waals surface area contributed by atoms with Crippen molar-refractivity contribution in [3.8, 4) is 34.2 Å². The molecule has 0 saturated carbocycles. The first kappa shape index (κ1) is 59.7. The van der Waals surface area contributed by atoms with Gasteiger partial charge in [0.05, 0.1) is 50.4 Å². The van der Waals surface area contributed by atoms with E-state index < -0.39 is 16.2 Å². The van der Waals surface area contributed by atoms with Crippen LogP contribution in [0.3, 0.4) is 0 Å². The van der Waals surface area contributed by atoms with Crippen LogP contribution in [0.4, 0.5) is 51.6 Å². The molecular formula is C93H63N9. The average molecular weight is 1310 g/mol. The summed E-state index contributed by atoms with van der Waals surface area (Å²) < 4.78 is 0. The van der Waals surface area contributed by atoms with Gasteiger partial charge < -0.3 is 0 Å². The van der Waals surface area contributed by atoms with E-state index in [4.69, 9.17) is 29.9 Å². The van der Waals surface area contributed by atoms with E-state index in [-0.39, 0.29) is 0 Å². The van der Waals surface area contributed by atoms with Crippen LogP contribution in [0.2, 0.25) is 0 Å². The maximum Gasteiger partial charge on any atom is 0.161 e. The van der Waals surface area contributed by atoms with Crippen molar-refractivity contribution in [3.05, 3.63) is 449 Å². The van der Waals surface area contributed by atoms with Crippen molar-refractivity contribution in [2.75, 3.05) is 14.7 Å². The van der Waals surface area contributed by atoms with E-state index in [1.54, 1.807) is 0 Å². The molecule has 9 heteroatoms. The highest BCUT2D eigenvalue weighted by molar-refractivity contribution is 5.93. The Morgan fingerprint density at radius 2 is 0.363 bits per heavy atom. The van der Waals surface area contributed by atoms with Gasteiger partial charge in [-0.05, 0) is 140 Å². The van der Waals surface area contributed by atoms with E-state index in [0.29, 0.717) is 34.9 Å². The predicted molar refractivity (Wildman–Crippen MR) is 409 cm³/mol. The first-order valence-corrected chi connectivity index (χ1v) is 34.6. The molecule has 0 unspecified atom stereocenters. The maximum atomic E-state index is 5.65. The largest absolute Gasteiger partial charge is 0.294 e. The van der Waals surface area contributed by atoms with Crippen LogP contribution < -0.4 is 14.7 Å². The fourth-order valence-corrected chi connectivity index (χ4v) is 16.8. The Bertz CT molecular complexity index is 4970. The summed E-state index contributed by atoms with van der Waals surface area (Å²) in [6.07, 6.45) is 5.60. The lowest BCUT2D eigenvalue weighted by Crippen LogP contribution is -2.37. The summed E-state index contributed by atoms with van der Waals surface area (Å²) >= 11 is 0. The summed E-state index contributed by atoms with van der Waals surface area (Å²) in [5.74, 6) is 3.59. The van der Waals surface area contributed by atoms with Gasteiger partial charge in [-0.15, -0.1) is 0 Å². The van der Waals surface area contributed by atoms with Gasteiger partial charge in [-0.2, -0.15) is 0 Å². The van der Waals surface area contributed by atoms with Gasteiger partial charge in [0.2, 0.25) is 0 Å². The van der Waals surface area contributed by atoms with Gasteiger partial charge in [-0.25, -0.2) is 29.9 Å². The van der Waals surface area contributed by atoms with E-state index in [9.17, 15) is 0 Å². The lowest BCUT2D eigenvalue weighted by molar-refractivity contribution is 0.730. The fraction of sp³-hybridized carbons (Fsp3) is 0.0323. The van der Waals surface area contributed by atoms with Gasteiger partial charge in [0.1, 0.15) is 17.5 Å². The van der Waals surface area contributed by atoms with Gasteiger partial charge >= 0.3 is 0 Å². The molecule has 0 spiro atoms. The van der Waals surface area contributed by atoms with E-state index in [1.165, 1.54) is 33.4 Å². The Balaban J connectivity index is 0.797. The molecule has 3 aliphatic rings. The third-order valence-electron chi connectivity index (χ3n) is 20.9. The van der Waals surface area contributed by atoms with Crippen LogP contribution in [-0.4, -0.2) is 29.9 Å². The number of para-hydroxylation sites is 6. The van der Waals surface area contributed by atoms with Gasteiger partial charge in [0, 0.05) is 35.3 Å². The van der Waals surface area contributed by atoms with Crippen molar-refractivity contribution < 1.29 is 0 Å². The SMILES string of the molecule is c1ccc(C2(c3ccccc3)c3ccccc3N(c3ccnc(-c4cc(-c5nccc(N6c7ccccc7C(c7ccccc7)(c7ccccc7)c7ccccc76)n5)cc(-c5nccc(N6c7ccccc7C(c7ccccc7)(c7ccccc7)c7ccccc76)n5)c4)n3)c3ccccc32)cc1. The first-order valence-electron chi connectivity index (χ1n) is 34.6. The Hall–Kier alpha value is -13.5. The highest BCUT2D eigenvalue weighted by atomic mass is 15.2.